The van der Waals surface area contributed by atoms with Crippen LogP contribution in [-0.4, -0.2) is 16.6 Å². The molecule has 74 valence electrons. The molecule has 0 aromatic carbocycles. The minimum absolute atomic E-state index is 0.142. The average molecular weight is 290 g/mol. The van der Waals surface area contributed by atoms with Gasteiger partial charge in [0.25, 0.3) is 0 Å². The van der Waals surface area contributed by atoms with Crippen molar-refractivity contribution in [2.75, 3.05) is 7.05 Å². The lowest BCUT2D eigenvalue weighted by atomic mass is 10.2. The molecule has 0 spiro atoms. The standard InChI is InChI=1S/C8H8BrN3S2/c1-10-7(6-4-14-12-11-6)8-5(9)2-3-13-8/h2-4,7,10H,1H3. The normalized spacial score (nSPS) is 13.0. The molecule has 0 fully saturated rings. The molecule has 1 atom stereocenters. The second kappa shape index (κ2) is 4.48. The van der Waals surface area contributed by atoms with E-state index in [2.05, 4.69) is 36.2 Å². The van der Waals surface area contributed by atoms with Gasteiger partial charge in [-0.15, -0.1) is 16.4 Å². The predicted octanol–water partition coefficient (Wildman–Crippen LogP) is 2.67. The number of hydrogen-bond acceptors (Lipinski definition) is 5. The van der Waals surface area contributed by atoms with Gasteiger partial charge >= 0.3 is 0 Å². The van der Waals surface area contributed by atoms with Crippen molar-refractivity contribution < 1.29 is 0 Å². The highest BCUT2D eigenvalue weighted by Crippen LogP contribution is 2.32. The summed E-state index contributed by atoms with van der Waals surface area (Å²) >= 11 is 6.60. The highest BCUT2D eigenvalue weighted by molar-refractivity contribution is 9.10. The Hall–Kier alpha value is -0.300. The van der Waals surface area contributed by atoms with Crippen molar-refractivity contribution in [1.82, 2.24) is 14.9 Å². The van der Waals surface area contributed by atoms with Gasteiger partial charge in [-0.25, -0.2) is 0 Å². The van der Waals surface area contributed by atoms with Crippen LogP contribution >= 0.6 is 38.8 Å². The molecule has 3 nitrogen and oxygen atoms in total. The van der Waals surface area contributed by atoms with E-state index in [0.717, 1.165) is 10.2 Å². The highest BCUT2D eigenvalue weighted by Gasteiger charge is 2.18. The summed E-state index contributed by atoms with van der Waals surface area (Å²) in [6.45, 7) is 0. The Bertz CT molecular complexity index is 398. The lowest BCUT2D eigenvalue weighted by Gasteiger charge is -2.11. The topological polar surface area (TPSA) is 37.8 Å². The van der Waals surface area contributed by atoms with Crippen LogP contribution in [0.15, 0.2) is 21.3 Å². The Kier molecular flexibility index (Phi) is 3.27. The van der Waals surface area contributed by atoms with E-state index in [9.17, 15) is 0 Å². The van der Waals surface area contributed by atoms with Crippen molar-refractivity contribution in [3.8, 4) is 0 Å². The van der Waals surface area contributed by atoms with Gasteiger partial charge in [-0.2, -0.15) is 0 Å². The highest BCUT2D eigenvalue weighted by atomic mass is 79.9. The van der Waals surface area contributed by atoms with Gasteiger partial charge in [-0.3, -0.25) is 0 Å². The third-order valence-electron chi connectivity index (χ3n) is 1.87. The molecule has 14 heavy (non-hydrogen) atoms. The van der Waals surface area contributed by atoms with Crippen molar-refractivity contribution in [3.63, 3.8) is 0 Å². The van der Waals surface area contributed by atoms with Crippen molar-refractivity contribution in [2.24, 2.45) is 0 Å². The van der Waals surface area contributed by atoms with Crippen LogP contribution in [0.2, 0.25) is 0 Å². The zero-order valence-electron chi connectivity index (χ0n) is 7.40. The molecule has 2 heterocycles. The smallest absolute Gasteiger partial charge is 0.0978 e. The van der Waals surface area contributed by atoms with E-state index >= 15 is 0 Å². The van der Waals surface area contributed by atoms with Gasteiger partial charge in [0.2, 0.25) is 0 Å². The van der Waals surface area contributed by atoms with E-state index in [-0.39, 0.29) is 6.04 Å². The number of halogens is 1. The van der Waals surface area contributed by atoms with Crippen LogP contribution in [-0.2, 0) is 0 Å². The predicted molar refractivity (Wildman–Crippen MR) is 62.8 cm³/mol. The first kappa shape index (κ1) is 10.2. The number of hydrogen-bond donors (Lipinski definition) is 1. The van der Waals surface area contributed by atoms with Gasteiger partial charge in [0, 0.05) is 14.7 Å². The Morgan fingerprint density at radius 3 is 2.93 bits per heavy atom. The van der Waals surface area contributed by atoms with Gasteiger partial charge in [0.05, 0.1) is 11.7 Å². The third kappa shape index (κ3) is 1.88. The van der Waals surface area contributed by atoms with Crippen molar-refractivity contribution >= 4 is 38.8 Å². The SMILES string of the molecule is CNC(c1csnn1)c1sccc1Br. The summed E-state index contributed by atoms with van der Waals surface area (Å²) in [5.74, 6) is 0. The van der Waals surface area contributed by atoms with E-state index < -0.39 is 0 Å². The quantitative estimate of drug-likeness (QED) is 0.944. The summed E-state index contributed by atoms with van der Waals surface area (Å²) in [6.07, 6.45) is 0. The summed E-state index contributed by atoms with van der Waals surface area (Å²) < 4.78 is 4.99. The molecule has 0 saturated heterocycles. The van der Waals surface area contributed by atoms with E-state index in [4.69, 9.17) is 0 Å². The Morgan fingerprint density at radius 2 is 2.43 bits per heavy atom. The number of aromatic nitrogens is 2. The van der Waals surface area contributed by atoms with Crippen LogP contribution in [0.5, 0.6) is 0 Å². The minimum atomic E-state index is 0.142. The molecule has 1 N–H and O–H groups in total. The monoisotopic (exact) mass is 289 g/mol. The second-order valence-electron chi connectivity index (χ2n) is 2.68. The number of nitrogens with zero attached hydrogens (tertiary/aromatic N) is 2. The van der Waals surface area contributed by atoms with Gasteiger partial charge in [-0.1, -0.05) is 4.49 Å². The summed E-state index contributed by atoms with van der Waals surface area (Å²) in [5.41, 5.74) is 0.973. The molecule has 0 aliphatic heterocycles. The van der Waals surface area contributed by atoms with Gasteiger partial charge < -0.3 is 5.32 Å². The summed E-state index contributed by atoms with van der Waals surface area (Å²) in [7, 11) is 1.93. The second-order valence-corrected chi connectivity index (χ2v) is 5.10. The summed E-state index contributed by atoms with van der Waals surface area (Å²) in [4.78, 5) is 1.24. The molecule has 0 aliphatic carbocycles. The van der Waals surface area contributed by atoms with Crippen LogP contribution in [0.25, 0.3) is 0 Å². The molecule has 0 aliphatic rings. The molecule has 0 amide bonds. The first-order valence-corrected chi connectivity index (χ1v) is 6.51. The lowest BCUT2D eigenvalue weighted by molar-refractivity contribution is 0.677. The van der Waals surface area contributed by atoms with Crippen molar-refractivity contribution in [1.29, 1.82) is 0 Å². The van der Waals surface area contributed by atoms with Crippen LogP contribution in [0.3, 0.4) is 0 Å². The number of rotatable bonds is 3. The van der Waals surface area contributed by atoms with Crippen LogP contribution in [0.1, 0.15) is 16.6 Å². The minimum Gasteiger partial charge on any atom is -0.307 e. The van der Waals surface area contributed by atoms with Crippen LogP contribution in [0, 0.1) is 0 Å². The lowest BCUT2D eigenvalue weighted by Crippen LogP contribution is -2.17. The zero-order valence-corrected chi connectivity index (χ0v) is 10.6. The first-order chi connectivity index (χ1) is 6.83. The maximum Gasteiger partial charge on any atom is 0.0978 e. The fraction of sp³-hybridized carbons (Fsp3) is 0.250. The largest absolute Gasteiger partial charge is 0.307 e. The van der Waals surface area contributed by atoms with Crippen LogP contribution < -0.4 is 5.32 Å². The summed E-state index contributed by atoms with van der Waals surface area (Å²) in [6, 6.07) is 2.19. The van der Waals surface area contributed by atoms with Crippen molar-refractivity contribution in [3.05, 3.63) is 31.9 Å². The Labute approximate surface area is 98.5 Å². The molecule has 6 heteroatoms. The van der Waals surface area contributed by atoms with Gasteiger partial charge in [0.1, 0.15) is 0 Å². The molecule has 0 radical (unpaired) electrons. The van der Waals surface area contributed by atoms with E-state index in [1.54, 1.807) is 11.3 Å². The van der Waals surface area contributed by atoms with Crippen LogP contribution in [0.4, 0.5) is 0 Å². The molecular weight excluding hydrogens is 282 g/mol. The van der Waals surface area contributed by atoms with Gasteiger partial charge in [-0.05, 0) is 46.0 Å². The Balaban J connectivity index is 2.36. The molecule has 2 aromatic heterocycles. The number of thiophene rings is 1. The van der Waals surface area contributed by atoms with E-state index in [1.165, 1.54) is 16.4 Å². The van der Waals surface area contributed by atoms with E-state index in [1.807, 2.05) is 18.5 Å². The van der Waals surface area contributed by atoms with Gasteiger partial charge in [0.15, 0.2) is 0 Å². The molecule has 0 saturated carbocycles. The number of nitrogens with one attached hydrogen (secondary N) is 1. The maximum atomic E-state index is 4.08. The fourth-order valence-corrected chi connectivity index (χ4v) is 3.42. The third-order valence-corrected chi connectivity index (χ3v) is 4.33. The molecule has 0 bridgehead atoms. The zero-order chi connectivity index (χ0) is 9.97. The molecule has 2 aromatic rings. The molecule has 1 unspecified atom stereocenters. The molecular formula is C8H8BrN3S2. The first-order valence-electron chi connectivity index (χ1n) is 4.00. The van der Waals surface area contributed by atoms with E-state index in [0.29, 0.717) is 0 Å². The van der Waals surface area contributed by atoms with Crippen molar-refractivity contribution in [2.45, 2.75) is 6.04 Å². The average Bonchev–Trinajstić information content (AvgIpc) is 2.80. The molecule has 2 rings (SSSR count). The maximum absolute atomic E-state index is 4.08. The fourth-order valence-electron chi connectivity index (χ4n) is 1.22. The Morgan fingerprint density at radius 1 is 1.57 bits per heavy atom. The summed E-state index contributed by atoms with van der Waals surface area (Å²) in [5, 5.41) is 11.3.